The molecule has 0 aliphatic carbocycles. The van der Waals surface area contributed by atoms with Gasteiger partial charge in [0.2, 0.25) is 0 Å². The van der Waals surface area contributed by atoms with E-state index < -0.39 is 0 Å². The van der Waals surface area contributed by atoms with E-state index in [4.69, 9.17) is 25.8 Å². The number of carbonyl (C=O) groups excluding carboxylic acids is 1. The maximum atomic E-state index is 12.5. The van der Waals surface area contributed by atoms with Gasteiger partial charge in [0.05, 0.1) is 13.7 Å². The fraction of sp³-hybridized carbons (Fsp3) is 0.368. The lowest BCUT2D eigenvalue weighted by molar-refractivity contribution is -0.136. The Morgan fingerprint density at radius 3 is 3.00 bits per heavy atom. The number of aromatic nitrogens is 1. The van der Waals surface area contributed by atoms with Crippen LogP contribution >= 0.6 is 11.6 Å². The molecule has 1 unspecified atom stereocenters. The lowest BCUT2D eigenvalue weighted by Gasteiger charge is -2.33. The van der Waals surface area contributed by atoms with Crippen molar-refractivity contribution >= 4 is 17.5 Å². The van der Waals surface area contributed by atoms with E-state index in [1.54, 1.807) is 42.6 Å². The van der Waals surface area contributed by atoms with Crippen LogP contribution in [0.1, 0.15) is 12.8 Å². The summed E-state index contributed by atoms with van der Waals surface area (Å²) in [7, 11) is 1.59. The smallest absolute Gasteiger partial charge is 0.260 e. The molecule has 0 saturated carbocycles. The van der Waals surface area contributed by atoms with Gasteiger partial charge in [-0.1, -0.05) is 17.7 Å². The highest BCUT2D eigenvalue weighted by Gasteiger charge is 2.25. The minimum Gasteiger partial charge on any atom is -0.497 e. The van der Waals surface area contributed by atoms with Gasteiger partial charge in [0.25, 0.3) is 5.91 Å². The molecule has 6 nitrogen and oxygen atoms in total. The van der Waals surface area contributed by atoms with Gasteiger partial charge in [-0.05, 0) is 25.0 Å². The first kappa shape index (κ1) is 18.3. The number of likely N-dealkylation sites (tertiary alicyclic amines) is 1. The van der Waals surface area contributed by atoms with Gasteiger partial charge in [0, 0.05) is 31.1 Å². The van der Waals surface area contributed by atoms with E-state index in [2.05, 4.69) is 4.98 Å². The van der Waals surface area contributed by atoms with E-state index in [0.29, 0.717) is 35.4 Å². The molecule has 2 heterocycles. The Morgan fingerprint density at radius 2 is 2.19 bits per heavy atom. The third-order valence-electron chi connectivity index (χ3n) is 4.16. The van der Waals surface area contributed by atoms with Crippen LogP contribution in [-0.2, 0) is 4.79 Å². The van der Waals surface area contributed by atoms with Crippen molar-refractivity contribution in [3.05, 3.63) is 47.7 Å². The zero-order chi connectivity index (χ0) is 18.4. The third kappa shape index (κ3) is 4.79. The highest BCUT2D eigenvalue weighted by molar-refractivity contribution is 6.31. The summed E-state index contributed by atoms with van der Waals surface area (Å²) in [5, 5.41) is 0.470. The van der Waals surface area contributed by atoms with E-state index in [0.717, 1.165) is 12.8 Å². The van der Waals surface area contributed by atoms with E-state index in [1.165, 1.54) is 0 Å². The number of hydrogen-bond acceptors (Lipinski definition) is 5. The topological polar surface area (TPSA) is 60.9 Å². The second-order valence-electron chi connectivity index (χ2n) is 6.00. The number of methoxy groups -OCH3 is 1. The summed E-state index contributed by atoms with van der Waals surface area (Å²) in [6.07, 6.45) is 4.83. The molecule has 1 amide bonds. The van der Waals surface area contributed by atoms with Crippen LogP contribution < -0.4 is 14.2 Å². The van der Waals surface area contributed by atoms with E-state index >= 15 is 0 Å². The predicted molar refractivity (Wildman–Crippen MR) is 98.0 cm³/mol. The number of benzene rings is 1. The predicted octanol–water partition coefficient (Wildman–Crippen LogP) is 3.19. The molecule has 1 aromatic heterocycles. The number of rotatable bonds is 6. The number of hydrogen-bond donors (Lipinski definition) is 0. The second-order valence-corrected chi connectivity index (χ2v) is 6.40. The summed E-state index contributed by atoms with van der Waals surface area (Å²) in [6.45, 7) is 1.19. The Morgan fingerprint density at radius 1 is 1.35 bits per heavy atom. The molecule has 0 N–H and O–H groups in total. The van der Waals surface area contributed by atoms with Crippen molar-refractivity contribution in [1.29, 1.82) is 0 Å². The normalized spacial score (nSPS) is 16.8. The van der Waals surface area contributed by atoms with Gasteiger partial charge >= 0.3 is 0 Å². The van der Waals surface area contributed by atoms with Crippen LogP contribution in [0.25, 0.3) is 0 Å². The fourth-order valence-corrected chi connectivity index (χ4v) is 2.99. The van der Waals surface area contributed by atoms with Crippen molar-refractivity contribution in [3.63, 3.8) is 0 Å². The summed E-state index contributed by atoms with van der Waals surface area (Å²) < 4.78 is 16.7. The van der Waals surface area contributed by atoms with Crippen LogP contribution in [0.2, 0.25) is 5.02 Å². The van der Waals surface area contributed by atoms with Gasteiger partial charge in [0.1, 0.15) is 28.4 Å². The highest BCUT2D eigenvalue weighted by Crippen LogP contribution is 2.25. The van der Waals surface area contributed by atoms with Gasteiger partial charge in [0.15, 0.2) is 6.61 Å². The number of piperidine rings is 1. The molecular formula is C19H21ClN2O4. The molecule has 0 spiro atoms. The Labute approximate surface area is 157 Å². The first-order valence-corrected chi connectivity index (χ1v) is 8.84. The molecule has 1 aliphatic heterocycles. The first-order chi connectivity index (χ1) is 12.7. The number of nitrogens with zero attached hydrogens (tertiary/aromatic N) is 2. The molecule has 0 bridgehead atoms. The number of amides is 1. The summed E-state index contributed by atoms with van der Waals surface area (Å²) in [5.41, 5.74) is 0. The Bertz CT molecular complexity index is 756. The Balaban J connectivity index is 1.53. The van der Waals surface area contributed by atoms with Gasteiger partial charge in [-0.15, -0.1) is 0 Å². The standard InChI is InChI=1S/C19H21ClN2O4/c1-24-14-4-2-5-15(10-14)25-13-19(23)22-9-3-6-16(12-22)26-18-7-8-21-11-17(18)20/h2,4-5,7-8,10-11,16H,3,6,9,12-13H2,1H3. The molecule has 26 heavy (non-hydrogen) atoms. The molecule has 3 rings (SSSR count). The number of carbonyl (C=O) groups is 1. The van der Waals surface area contributed by atoms with Gasteiger partial charge in [-0.3, -0.25) is 9.78 Å². The molecule has 1 fully saturated rings. The Hall–Kier alpha value is -2.47. The SMILES string of the molecule is COc1cccc(OCC(=O)N2CCCC(Oc3ccncc3Cl)C2)c1. The monoisotopic (exact) mass is 376 g/mol. The van der Waals surface area contributed by atoms with Crippen molar-refractivity contribution in [1.82, 2.24) is 9.88 Å². The molecule has 2 aromatic rings. The van der Waals surface area contributed by atoms with Crippen LogP contribution in [0.3, 0.4) is 0 Å². The van der Waals surface area contributed by atoms with Gasteiger partial charge < -0.3 is 19.1 Å². The van der Waals surface area contributed by atoms with Gasteiger partial charge in [-0.2, -0.15) is 0 Å². The van der Waals surface area contributed by atoms with Crippen molar-refractivity contribution in [2.45, 2.75) is 18.9 Å². The third-order valence-corrected chi connectivity index (χ3v) is 4.45. The van der Waals surface area contributed by atoms with Crippen molar-refractivity contribution in [2.24, 2.45) is 0 Å². The molecule has 1 saturated heterocycles. The van der Waals surface area contributed by atoms with Crippen molar-refractivity contribution in [2.75, 3.05) is 26.8 Å². The van der Waals surface area contributed by atoms with Gasteiger partial charge in [-0.25, -0.2) is 0 Å². The fourth-order valence-electron chi connectivity index (χ4n) is 2.83. The zero-order valence-corrected chi connectivity index (χ0v) is 15.3. The molecule has 138 valence electrons. The van der Waals surface area contributed by atoms with E-state index in [9.17, 15) is 4.79 Å². The van der Waals surface area contributed by atoms with Crippen LogP contribution in [0.4, 0.5) is 0 Å². The molecule has 1 aliphatic rings. The Kier molecular flexibility index (Phi) is 6.17. The zero-order valence-electron chi connectivity index (χ0n) is 14.6. The largest absolute Gasteiger partial charge is 0.497 e. The quantitative estimate of drug-likeness (QED) is 0.774. The maximum absolute atomic E-state index is 12.5. The average Bonchev–Trinajstić information content (AvgIpc) is 2.68. The van der Waals surface area contributed by atoms with Crippen LogP contribution in [0.5, 0.6) is 17.2 Å². The number of ether oxygens (including phenoxy) is 3. The average molecular weight is 377 g/mol. The minimum atomic E-state index is -0.0931. The van der Waals surface area contributed by atoms with E-state index in [-0.39, 0.29) is 18.6 Å². The molecule has 1 atom stereocenters. The summed E-state index contributed by atoms with van der Waals surface area (Å²) in [5.74, 6) is 1.82. The lowest BCUT2D eigenvalue weighted by atomic mass is 10.1. The van der Waals surface area contributed by atoms with Crippen LogP contribution in [-0.4, -0.2) is 48.7 Å². The van der Waals surface area contributed by atoms with Crippen LogP contribution in [0, 0.1) is 0 Å². The number of pyridine rings is 1. The number of halogens is 1. The molecule has 7 heteroatoms. The molecule has 1 aromatic carbocycles. The summed E-state index contributed by atoms with van der Waals surface area (Å²) in [6, 6.07) is 8.92. The first-order valence-electron chi connectivity index (χ1n) is 8.46. The van der Waals surface area contributed by atoms with Crippen molar-refractivity contribution in [3.8, 4) is 17.2 Å². The van der Waals surface area contributed by atoms with Crippen molar-refractivity contribution < 1.29 is 19.0 Å². The summed E-state index contributed by atoms with van der Waals surface area (Å²) in [4.78, 5) is 18.2. The summed E-state index contributed by atoms with van der Waals surface area (Å²) >= 11 is 6.09. The molecular weight excluding hydrogens is 356 g/mol. The highest BCUT2D eigenvalue weighted by atomic mass is 35.5. The van der Waals surface area contributed by atoms with Crippen LogP contribution in [0.15, 0.2) is 42.7 Å². The molecule has 0 radical (unpaired) electrons. The van der Waals surface area contributed by atoms with E-state index in [1.807, 2.05) is 12.1 Å². The maximum Gasteiger partial charge on any atom is 0.260 e. The minimum absolute atomic E-state index is 0.0180. The second kappa shape index (κ2) is 8.76. The lowest BCUT2D eigenvalue weighted by Crippen LogP contribution is -2.46.